The van der Waals surface area contributed by atoms with Gasteiger partial charge in [0.25, 0.3) is 0 Å². The molecule has 0 radical (unpaired) electrons. The van der Waals surface area contributed by atoms with Crippen LogP contribution < -0.4 is 5.32 Å². The zero-order valence-electron chi connectivity index (χ0n) is 7.81. The van der Waals surface area contributed by atoms with Gasteiger partial charge in [0, 0.05) is 0 Å². The molecule has 1 N–H and O–H groups in total. The monoisotopic (exact) mass is 144 g/mol. The Hall–Kier alpha value is -0.0800. The van der Waals surface area contributed by atoms with E-state index in [9.17, 15) is 0 Å². The molecule has 0 fully saturated rings. The normalized spacial score (nSPS) is 14.7. The average Bonchev–Trinajstić information content (AvgIpc) is 1.81. The molecule has 0 aromatic heterocycles. The van der Waals surface area contributed by atoms with Crippen molar-refractivity contribution >= 4 is 0 Å². The number of nitrogens with one attached hydrogen (secondary N) is 1. The molecule has 10 heavy (non-hydrogen) atoms. The van der Waals surface area contributed by atoms with Crippen LogP contribution in [0.5, 0.6) is 0 Å². The van der Waals surface area contributed by atoms with Gasteiger partial charge in [-0.2, -0.15) is 0 Å². The first kappa shape index (κ1) is 9.92. The molecule has 0 aliphatic rings. The summed E-state index contributed by atoms with van der Waals surface area (Å²) in [5, 5.41) is 3.26. The van der Waals surface area contributed by atoms with E-state index in [-0.39, 0.29) is 0 Å². The Bertz CT molecular complexity index is 79.3. The van der Waals surface area contributed by atoms with Crippen LogP contribution in [0.25, 0.3) is 0 Å². The molecule has 2 nitrogen and oxygen atoms in total. The van der Waals surface area contributed by atoms with Gasteiger partial charge in [-0.3, -0.25) is 4.90 Å². The highest BCUT2D eigenvalue weighted by Crippen LogP contribution is 2.05. The molecule has 1 atom stereocenters. The maximum atomic E-state index is 3.26. The summed E-state index contributed by atoms with van der Waals surface area (Å²) in [5.41, 5.74) is 0. The smallest absolute Gasteiger partial charge is 0.0592 e. The first-order chi connectivity index (χ1) is 4.57. The Balaban J connectivity index is 3.60. The van der Waals surface area contributed by atoms with Gasteiger partial charge < -0.3 is 5.32 Å². The summed E-state index contributed by atoms with van der Waals surface area (Å²) in [6.07, 6.45) is 1.74. The van der Waals surface area contributed by atoms with Gasteiger partial charge in [0.1, 0.15) is 0 Å². The highest BCUT2D eigenvalue weighted by atomic mass is 15.2. The van der Waals surface area contributed by atoms with Crippen LogP contribution >= 0.6 is 0 Å². The maximum absolute atomic E-state index is 3.26. The van der Waals surface area contributed by atoms with E-state index >= 15 is 0 Å². The van der Waals surface area contributed by atoms with Crippen LogP contribution in [0.15, 0.2) is 0 Å². The van der Waals surface area contributed by atoms with Crippen LogP contribution in [0.4, 0.5) is 0 Å². The van der Waals surface area contributed by atoms with E-state index in [1.54, 1.807) is 0 Å². The van der Waals surface area contributed by atoms with Gasteiger partial charge in [-0.25, -0.2) is 0 Å². The number of nitrogens with zero attached hydrogens (tertiary/aromatic N) is 1. The Labute approximate surface area is 64.6 Å². The molecule has 0 heterocycles. The van der Waals surface area contributed by atoms with E-state index in [2.05, 4.69) is 38.2 Å². The van der Waals surface area contributed by atoms with E-state index in [4.69, 9.17) is 0 Å². The van der Waals surface area contributed by atoms with Crippen molar-refractivity contribution in [2.24, 2.45) is 5.92 Å². The predicted octanol–water partition coefficient (Wildman–Crippen LogP) is 1.14. The standard InChI is InChI=1S/C8H20N2/c1-7(2)6-8(9-3)10(4)5/h7-9H,6H2,1-5H3. The lowest BCUT2D eigenvalue weighted by molar-refractivity contribution is 0.224. The van der Waals surface area contributed by atoms with Crippen LogP contribution in [0.2, 0.25) is 0 Å². The summed E-state index contributed by atoms with van der Waals surface area (Å²) in [4.78, 5) is 2.21. The van der Waals surface area contributed by atoms with Crippen LogP contribution in [0, 0.1) is 5.92 Å². The van der Waals surface area contributed by atoms with E-state index in [1.165, 1.54) is 6.42 Å². The minimum absolute atomic E-state index is 0.528. The molecule has 0 saturated carbocycles. The van der Waals surface area contributed by atoms with Gasteiger partial charge in [-0.15, -0.1) is 0 Å². The lowest BCUT2D eigenvalue weighted by Crippen LogP contribution is -2.40. The molecular weight excluding hydrogens is 124 g/mol. The largest absolute Gasteiger partial charge is 0.305 e. The lowest BCUT2D eigenvalue weighted by Gasteiger charge is -2.25. The van der Waals surface area contributed by atoms with Gasteiger partial charge in [0.15, 0.2) is 0 Å². The zero-order valence-corrected chi connectivity index (χ0v) is 7.81. The molecule has 0 amide bonds. The van der Waals surface area contributed by atoms with Gasteiger partial charge in [-0.05, 0) is 33.5 Å². The Kier molecular flexibility index (Phi) is 4.65. The van der Waals surface area contributed by atoms with Crippen molar-refractivity contribution < 1.29 is 0 Å². The summed E-state index contributed by atoms with van der Waals surface area (Å²) >= 11 is 0. The van der Waals surface area contributed by atoms with Crippen molar-refractivity contribution in [3.05, 3.63) is 0 Å². The Morgan fingerprint density at radius 1 is 1.30 bits per heavy atom. The molecule has 0 aromatic rings. The van der Waals surface area contributed by atoms with E-state index < -0.39 is 0 Å². The third-order valence-corrected chi connectivity index (χ3v) is 1.65. The third-order valence-electron chi connectivity index (χ3n) is 1.65. The fraction of sp³-hybridized carbons (Fsp3) is 1.00. The molecular formula is C8H20N2. The fourth-order valence-electron chi connectivity index (χ4n) is 1.03. The average molecular weight is 144 g/mol. The van der Waals surface area contributed by atoms with Crippen molar-refractivity contribution in [3.63, 3.8) is 0 Å². The molecule has 62 valence electrons. The van der Waals surface area contributed by atoms with Crippen LogP contribution in [-0.2, 0) is 0 Å². The van der Waals surface area contributed by atoms with Crippen molar-refractivity contribution in [3.8, 4) is 0 Å². The topological polar surface area (TPSA) is 15.3 Å². The molecule has 1 unspecified atom stereocenters. The number of rotatable bonds is 4. The van der Waals surface area contributed by atoms with Gasteiger partial charge in [0.2, 0.25) is 0 Å². The molecule has 0 spiro atoms. The van der Waals surface area contributed by atoms with E-state index in [0.717, 1.165) is 5.92 Å². The zero-order chi connectivity index (χ0) is 8.15. The summed E-state index contributed by atoms with van der Waals surface area (Å²) in [7, 11) is 6.21. The molecule has 0 bridgehead atoms. The summed E-state index contributed by atoms with van der Waals surface area (Å²) in [6.45, 7) is 4.49. The molecule has 0 saturated heterocycles. The summed E-state index contributed by atoms with van der Waals surface area (Å²) < 4.78 is 0. The highest BCUT2D eigenvalue weighted by Gasteiger charge is 2.09. The fourth-order valence-corrected chi connectivity index (χ4v) is 1.03. The lowest BCUT2D eigenvalue weighted by atomic mass is 10.1. The Morgan fingerprint density at radius 3 is 1.90 bits per heavy atom. The van der Waals surface area contributed by atoms with Crippen molar-refractivity contribution in [2.45, 2.75) is 26.4 Å². The Morgan fingerprint density at radius 2 is 1.80 bits per heavy atom. The van der Waals surface area contributed by atoms with Gasteiger partial charge in [-0.1, -0.05) is 13.8 Å². The maximum Gasteiger partial charge on any atom is 0.0592 e. The van der Waals surface area contributed by atoms with Crippen molar-refractivity contribution in [1.82, 2.24) is 10.2 Å². The molecule has 0 rings (SSSR count). The van der Waals surface area contributed by atoms with Crippen molar-refractivity contribution in [2.75, 3.05) is 21.1 Å². The minimum Gasteiger partial charge on any atom is -0.305 e. The first-order valence-electron chi connectivity index (χ1n) is 3.91. The van der Waals surface area contributed by atoms with Gasteiger partial charge in [0.05, 0.1) is 6.17 Å². The molecule has 0 aromatic carbocycles. The first-order valence-corrected chi connectivity index (χ1v) is 3.91. The molecule has 2 heteroatoms. The molecule has 0 aliphatic heterocycles. The SMILES string of the molecule is CNC(CC(C)C)N(C)C. The van der Waals surface area contributed by atoms with E-state index in [0.29, 0.717) is 6.17 Å². The van der Waals surface area contributed by atoms with Crippen LogP contribution in [0.3, 0.4) is 0 Å². The summed E-state index contributed by atoms with van der Waals surface area (Å²) in [6, 6.07) is 0. The van der Waals surface area contributed by atoms with Crippen molar-refractivity contribution in [1.29, 1.82) is 0 Å². The van der Waals surface area contributed by atoms with Crippen LogP contribution in [-0.4, -0.2) is 32.2 Å². The number of hydrogen-bond donors (Lipinski definition) is 1. The highest BCUT2D eigenvalue weighted by molar-refractivity contribution is 4.62. The number of hydrogen-bond acceptors (Lipinski definition) is 2. The second-order valence-electron chi connectivity index (χ2n) is 3.40. The summed E-state index contributed by atoms with van der Waals surface area (Å²) in [5.74, 6) is 0.764. The quantitative estimate of drug-likeness (QED) is 0.595. The molecule has 0 aliphatic carbocycles. The van der Waals surface area contributed by atoms with Crippen LogP contribution in [0.1, 0.15) is 20.3 Å². The minimum atomic E-state index is 0.528. The predicted molar refractivity (Wildman–Crippen MR) is 46.0 cm³/mol. The third kappa shape index (κ3) is 3.85. The van der Waals surface area contributed by atoms with E-state index in [1.807, 2.05) is 7.05 Å². The second kappa shape index (κ2) is 4.69. The van der Waals surface area contributed by atoms with Gasteiger partial charge >= 0.3 is 0 Å². The second-order valence-corrected chi connectivity index (χ2v) is 3.40.